The van der Waals surface area contributed by atoms with E-state index in [4.69, 9.17) is 0 Å². The van der Waals surface area contributed by atoms with Gasteiger partial charge in [-0.15, -0.1) is 0 Å². The molecule has 1 fully saturated rings. The average molecular weight is 450 g/mol. The van der Waals surface area contributed by atoms with E-state index < -0.39 is 0 Å². The summed E-state index contributed by atoms with van der Waals surface area (Å²) in [6, 6.07) is 7.16. The Morgan fingerprint density at radius 3 is 2.70 bits per heavy atom. The standard InChI is InChI=1S/C17H25BrIN/c1-4-20-17(13-6-5-11(2)12(3)9-13)15-10-14(18)7-8-16(15)19/h7-8,10-13,17,20H,4-6,9H2,1-3H3. The molecule has 0 bridgehead atoms. The van der Waals surface area contributed by atoms with Crippen molar-refractivity contribution in [1.82, 2.24) is 5.32 Å². The first-order valence-corrected chi connectivity index (χ1v) is 9.58. The second-order valence-corrected chi connectivity index (χ2v) is 8.31. The highest BCUT2D eigenvalue weighted by molar-refractivity contribution is 14.1. The summed E-state index contributed by atoms with van der Waals surface area (Å²) in [5.41, 5.74) is 1.47. The molecule has 3 heteroatoms. The van der Waals surface area contributed by atoms with E-state index in [1.54, 1.807) is 0 Å². The normalized spacial score (nSPS) is 28.4. The van der Waals surface area contributed by atoms with Crippen LogP contribution in [0.3, 0.4) is 0 Å². The van der Waals surface area contributed by atoms with Crippen molar-refractivity contribution < 1.29 is 0 Å². The van der Waals surface area contributed by atoms with Gasteiger partial charge in [0.1, 0.15) is 0 Å². The molecule has 1 aromatic rings. The minimum absolute atomic E-state index is 0.499. The van der Waals surface area contributed by atoms with Crippen LogP contribution in [-0.4, -0.2) is 6.54 Å². The van der Waals surface area contributed by atoms with Gasteiger partial charge >= 0.3 is 0 Å². The SMILES string of the molecule is CCNC(c1cc(Br)ccc1I)C1CCC(C)C(C)C1. The van der Waals surface area contributed by atoms with Gasteiger partial charge in [-0.3, -0.25) is 0 Å². The van der Waals surface area contributed by atoms with Gasteiger partial charge in [0.15, 0.2) is 0 Å². The largest absolute Gasteiger partial charge is 0.310 e. The maximum Gasteiger partial charge on any atom is 0.0359 e. The van der Waals surface area contributed by atoms with Gasteiger partial charge in [-0.1, -0.05) is 43.1 Å². The van der Waals surface area contributed by atoms with Crippen molar-refractivity contribution in [3.8, 4) is 0 Å². The predicted molar refractivity (Wildman–Crippen MR) is 98.9 cm³/mol. The molecule has 0 aliphatic heterocycles. The molecule has 0 saturated heterocycles. The molecule has 1 aliphatic rings. The van der Waals surface area contributed by atoms with E-state index in [9.17, 15) is 0 Å². The van der Waals surface area contributed by atoms with Crippen molar-refractivity contribution in [3.05, 3.63) is 31.8 Å². The van der Waals surface area contributed by atoms with Gasteiger partial charge in [0.05, 0.1) is 0 Å². The molecule has 1 saturated carbocycles. The molecule has 4 unspecified atom stereocenters. The summed E-state index contributed by atoms with van der Waals surface area (Å²) in [5, 5.41) is 3.75. The molecule has 1 N–H and O–H groups in total. The van der Waals surface area contributed by atoms with Crippen molar-refractivity contribution in [2.75, 3.05) is 6.54 Å². The summed E-state index contributed by atoms with van der Waals surface area (Å²) in [6.45, 7) is 8.08. The number of hydrogen-bond donors (Lipinski definition) is 1. The van der Waals surface area contributed by atoms with Crippen LogP contribution in [0.1, 0.15) is 51.6 Å². The Hall–Kier alpha value is 0.390. The molecule has 0 radical (unpaired) electrons. The van der Waals surface area contributed by atoms with Gasteiger partial charge in [-0.2, -0.15) is 0 Å². The molecule has 20 heavy (non-hydrogen) atoms. The van der Waals surface area contributed by atoms with Gasteiger partial charge in [-0.05, 0) is 83.5 Å². The second kappa shape index (κ2) is 7.59. The maximum atomic E-state index is 3.75. The quantitative estimate of drug-likeness (QED) is 0.574. The third-order valence-corrected chi connectivity index (χ3v) is 6.30. The zero-order valence-corrected chi connectivity index (χ0v) is 16.4. The molecule has 0 heterocycles. The van der Waals surface area contributed by atoms with E-state index in [-0.39, 0.29) is 0 Å². The summed E-state index contributed by atoms with van der Waals surface area (Å²) in [6.07, 6.45) is 4.07. The predicted octanol–water partition coefficient (Wildman–Crippen LogP) is 5.78. The monoisotopic (exact) mass is 449 g/mol. The molecule has 1 nitrogen and oxygen atoms in total. The van der Waals surface area contributed by atoms with Crippen molar-refractivity contribution in [1.29, 1.82) is 0 Å². The third kappa shape index (κ3) is 3.98. The maximum absolute atomic E-state index is 3.75. The minimum Gasteiger partial charge on any atom is -0.310 e. The van der Waals surface area contributed by atoms with Crippen LogP contribution in [0.5, 0.6) is 0 Å². The summed E-state index contributed by atoms with van der Waals surface area (Å²) in [4.78, 5) is 0. The summed E-state index contributed by atoms with van der Waals surface area (Å²) >= 11 is 6.11. The first-order chi connectivity index (χ1) is 9.52. The fourth-order valence-corrected chi connectivity index (χ4v) is 4.45. The van der Waals surface area contributed by atoms with Crippen molar-refractivity contribution in [3.63, 3.8) is 0 Å². The highest BCUT2D eigenvalue weighted by atomic mass is 127. The average Bonchev–Trinajstić information content (AvgIpc) is 2.42. The van der Waals surface area contributed by atoms with E-state index in [0.717, 1.165) is 24.3 Å². The Morgan fingerprint density at radius 2 is 2.05 bits per heavy atom. The van der Waals surface area contributed by atoms with Crippen LogP contribution >= 0.6 is 38.5 Å². The number of hydrogen-bond acceptors (Lipinski definition) is 1. The molecule has 0 spiro atoms. The van der Waals surface area contributed by atoms with Crippen LogP contribution < -0.4 is 5.32 Å². The highest BCUT2D eigenvalue weighted by Gasteiger charge is 2.31. The Bertz CT molecular complexity index is 449. The fourth-order valence-electron chi connectivity index (χ4n) is 3.40. The van der Waals surface area contributed by atoms with E-state index in [1.165, 1.54) is 32.9 Å². The second-order valence-electron chi connectivity index (χ2n) is 6.23. The smallest absolute Gasteiger partial charge is 0.0359 e. The molecule has 2 rings (SSSR count). The van der Waals surface area contributed by atoms with Gasteiger partial charge in [0, 0.05) is 14.1 Å². The van der Waals surface area contributed by atoms with Crippen LogP contribution in [0.2, 0.25) is 0 Å². The summed E-state index contributed by atoms with van der Waals surface area (Å²) in [5.74, 6) is 2.50. The van der Waals surface area contributed by atoms with E-state index in [1.807, 2.05) is 0 Å². The topological polar surface area (TPSA) is 12.0 Å². The molecule has 4 atom stereocenters. The van der Waals surface area contributed by atoms with Crippen LogP contribution in [0.25, 0.3) is 0 Å². The summed E-state index contributed by atoms with van der Waals surface area (Å²) < 4.78 is 2.57. The van der Waals surface area contributed by atoms with Crippen LogP contribution in [0.4, 0.5) is 0 Å². The number of halogens is 2. The number of nitrogens with one attached hydrogen (secondary N) is 1. The molecule has 0 amide bonds. The third-order valence-electron chi connectivity index (χ3n) is 4.83. The first kappa shape index (κ1) is 16.8. The lowest BCUT2D eigenvalue weighted by Crippen LogP contribution is -2.33. The van der Waals surface area contributed by atoms with E-state index >= 15 is 0 Å². The van der Waals surface area contributed by atoms with Gasteiger partial charge in [0.2, 0.25) is 0 Å². The van der Waals surface area contributed by atoms with Crippen molar-refractivity contribution in [2.24, 2.45) is 17.8 Å². The fraction of sp³-hybridized carbons (Fsp3) is 0.647. The van der Waals surface area contributed by atoms with Crippen molar-refractivity contribution in [2.45, 2.75) is 46.1 Å². The van der Waals surface area contributed by atoms with Gasteiger partial charge in [-0.25, -0.2) is 0 Å². The number of benzene rings is 1. The molecule has 112 valence electrons. The van der Waals surface area contributed by atoms with Crippen LogP contribution in [-0.2, 0) is 0 Å². The van der Waals surface area contributed by atoms with Crippen molar-refractivity contribution >= 4 is 38.5 Å². The lowest BCUT2D eigenvalue weighted by atomic mass is 9.72. The Morgan fingerprint density at radius 1 is 1.30 bits per heavy atom. The van der Waals surface area contributed by atoms with Gasteiger partial charge < -0.3 is 5.32 Å². The molecule has 1 aromatic carbocycles. The minimum atomic E-state index is 0.499. The first-order valence-electron chi connectivity index (χ1n) is 7.71. The zero-order chi connectivity index (χ0) is 14.7. The van der Waals surface area contributed by atoms with Gasteiger partial charge in [0.25, 0.3) is 0 Å². The zero-order valence-electron chi connectivity index (χ0n) is 12.6. The molecule has 1 aliphatic carbocycles. The molecular formula is C17H25BrIN. The summed E-state index contributed by atoms with van der Waals surface area (Å²) in [7, 11) is 0. The molecule has 0 aromatic heterocycles. The Labute approximate surface area is 145 Å². The van der Waals surface area contributed by atoms with Crippen LogP contribution in [0, 0.1) is 21.3 Å². The highest BCUT2D eigenvalue weighted by Crippen LogP contribution is 2.41. The Kier molecular flexibility index (Phi) is 6.36. The lowest BCUT2D eigenvalue weighted by Gasteiger charge is -2.37. The van der Waals surface area contributed by atoms with E-state index in [0.29, 0.717) is 6.04 Å². The van der Waals surface area contributed by atoms with E-state index in [2.05, 4.69) is 82.8 Å². The Balaban J connectivity index is 2.24. The number of rotatable bonds is 4. The molecular weight excluding hydrogens is 425 g/mol. The lowest BCUT2D eigenvalue weighted by molar-refractivity contribution is 0.171. The van der Waals surface area contributed by atoms with Crippen LogP contribution in [0.15, 0.2) is 22.7 Å².